The molecule has 3 rings (SSSR count). The highest BCUT2D eigenvalue weighted by molar-refractivity contribution is 5.70. The fourth-order valence-corrected chi connectivity index (χ4v) is 2.11. The lowest BCUT2D eigenvalue weighted by Gasteiger charge is -2.02. The SMILES string of the molecule is Cc1ccc2[nH]c(Cc3ccccc3C)nc2n1. The van der Waals surface area contributed by atoms with Crippen molar-refractivity contribution in [2.24, 2.45) is 0 Å². The van der Waals surface area contributed by atoms with Crippen molar-refractivity contribution in [1.82, 2.24) is 15.0 Å². The Hall–Kier alpha value is -2.16. The minimum Gasteiger partial charge on any atom is -0.340 e. The molecule has 0 amide bonds. The van der Waals surface area contributed by atoms with Crippen LogP contribution in [0, 0.1) is 13.8 Å². The molecule has 0 unspecified atom stereocenters. The molecular weight excluding hydrogens is 222 g/mol. The van der Waals surface area contributed by atoms with Gasteiger partial charge >= 0.3 is 0 Å². The van der Waals surface area contributed by atoms with E-state index in [4.69, 9.17) is 0 Å². The fraction of sp³-hybridized carbons (Fsp3) is 0.200. The van der Waals surface area contributed by atoms with Crippen LogP contribution in [0.2, 0.25) is 0 Å². The number of nitrogens with one attached hydrogen (secondary N) is 1. The molecule has 3 nitrogen and oxygen atoms in total. The first-order chi connectivity index (χ1) is 8.72. The van der Waals surface area contributed by atoms with Gasteiger partial charge in [-0.1, -0.05) is 24.3 Å². The first-order valence-electron chi connectivity index (χ1n) is 6.09. The second-order valence-electron chi connectivity index (χ2n) is 4.61. The maximum Gasteiger partial charge on any atom is 0.177 e. The molecule has 3 aromatic rings. The average Bonchev–Trinajstić information content (AvgIpc) is 2.73. The molecule has 2 aromatic heterocycles. The number of hydrogen-bond donors (Lipinski definition) is 1. The molecule has 2 heterocycles. The van der Waals surface area contributed by atoms with Gasteiger partial charge in [-0.3, -0.25) is 0 Å². The molecule has 1 aromatic carbocycles. The van der Waals surface area contributed by atoms with E-state index in [-0.39, 0.29) is 0 Å². The number of hydrogen-bond acceptors (Lipinski definition) is 2. The lowest BCUT2D eigenvalue weighted by atomic mass is 10.1. The first-order valence-corrected chi connectivity index (χ1v) is 6.09. The molecule has 0 saturated carbocycles. The van der Waals surface area contributed by atoms with E-state index in [0.717, 1.165) is 29.1 Å². The van der Waals surface area contributed by atoms with Crippen LogP contribution in [0.15, 0.2) is 36.4 Å². The minimum absolute atomic E-state index is 0.804. The van der Waals surface area contributed by atoms with Gasteiger partial charge in [0.25, 0.3) is 0 Å². The molecule has 1 N–H and O–H groups in total. The zero-order chi connectivity index (χ0) is 12.5. The van der Waals surface area contributed by atoms with Crippen molar-refractivity contribution in [2.75, 3.05) is 0 Å². The van der Waals surface area contributed by atoms with Gasteiger partial charge in [0.15, 0.2) is 5.65 Å². The largest absolute Gasteiger partial charge is 0.340 e. The van der Waals surface area contributed by atoms with Crippen molar-refractivity contribution >= 4 is 11.2 Å². The van der Waals surface area contributed by atoms with Crippen LogP contribution in [-0.4, -0.2) is 15.0 Å². The van der Waals surface area contributed by atoms with Gasteiger partial charge in [-0.05, 0) is 37.1 Å². The van der Waals surface area contributed by atoms with Gasteiger partial charge in [-0.2, -0.15) is 0 Å². The van der Waals surface area contributed by atoms with Crippen LogP contribution < -0.4 is 0 Å². The number of fused-ring (bicyclic) bond motifs is 1. The first kappa shape index (κ1) is 11.0. The quantitative estimate of drug-likeness (QED) is 0.743. The number of nitrogens with zero attached hydrogens (tertiary/aromatic N) is 2. The van der Waals surface area contributed by atoms with E-state index < -0.39 is 0 Å². The zero-order valence-electron chi connectivity index (χ0n) is 10.6. The number of imidazole rings is 1. The zero-order valence-corrected chi connectivity index (χ0v) is 10.6. The van der Waals surface area contributed by atoms with Crippen molar-refractivity contribution in [3.63, 3.8) is 0 Å². The summed E-state index contributed by atoms with van der Waals surface area (Å²) in [6, 6.07) is 12.4. The van der Waals surface area contributed by atoms with Gasteiger partial charge in [-0.25, -0.2) is 9.97 Å². The van der Waals surface area contributed by atoms with E-state index in [1.54, 1.807) is 0 Å². The lowest BCUT2D eigenvalue weighted by Crippen LogP contribution is -1.93. The van der Waals surface area contributed by atoms with Gasteiger partial charge in [0.2, 0.25) is 0 Å². The summed E-state index contributed by atoms with van der Waals surface area (Å²) in [5.41, 5.74) is 5.40. The van der Waals surface area contributed by atoms with Gasteiger partial charge in [0.05, 0.1) is 5.52 Å². The molecule has 0 radical (unpaired) electrons. The predicted molar refractivity (Wildman–Crippen MR) is 72.6 cm³/mol. The Morgan fingerprint density at radius 3 is 2.67 bits per heavy atom. The highest BCUT2D eigenvalue weighted by Crippen LogP contribution is 2.15. The standard InChI is InChI=1S/C15H15N3/c1-10-5-3-4-6-12(10)9-14-17-13-8-7-11(2)16-15(13)18-14/h3-8H,9H2,1-2H3,(H,16,17,18). The van der Waals surface area contributed by atoms with Gasteiger partial charge in [0.1, 0.15) is 5.82 Å². The van der Waals surface area contributed by atoms with Crippen LogP contribution >= 0.6 is 0 Å². The molecule has 0 aliphatic carbocycles. The monoisotopic (exact) mass is 237 g/mol. The second-order valence-corrected chi connectivity index (χ2v) is 4.61. The molecule has 0 aliphatic rings. The van der Waals surface area contributed by atoms with E-state index in [2.05, 4.69) is 46.1 Å². The smallest absolute Gasteiger partial charge is 0.177 e. The number of aryl methyl sites for hydroxylation is 2. The van der Waals surface area contributed by atoms with Crippen molar-refractivity contribution < 1.29 is 0 Å². The maximum absolute atomic E-state index is 4.54. The van der Waals surface area contributed by atoms with E-state index in [1.807, 2.05) is 19.1 Å². The minimum atomic E-state index is 0.804. The van der Waals surface area contributed by atoms with Crippen LogP contribution in [0.3, 0.4) is 0 Å². The molecule has 0 atom stereocenters. The normalized spacial score (nSPS) is 11.0. The summed E-state index contributed by atoms with van der Waals surface area (Å²) in [4.78, 5) is 12.3. The Labute approximate surface area is 106 Å². The topological polar surface area (TPSA) is 41.6 Å². The highest BCUT2D eigenvalue weighted by Gasteiger charge is 2.06. The number of aromatic amines is 1. The van der Waals surface area contributed by atoms with Crippen LogP contribution in [0.25, 0.3) is 11.2 Å². The Bertz CT molecular complexity index is 698. The molecule has 0 fully saturated rings. The molecule has 3 heteroatoms. The van der Waals surface area contributed by atoms with Crippen LogP contribution in [0.1, 0.15) is 22.6 Å². The fourth-order valence-electron chi connectivity index (χ4n) is 2.11. The van der Waals surface area contributed by atoms with Gasteiger partial charge < -0.3 is 4.98 Å². The molecule has 18 heavy (non-hydrogen) atoms. The molecular formula is C15H15N3. The number of pyridine rings is 1. The van der Waals surface area contributed by atoms with Crippen LogP contribution in [0.4, 0.5) is 0 Å². The van der Waals surface area contributed by atoms with Crippen molar-refractivity contribution in [1.29, 1.82) is 0 Å². The third kappa shape index (κ3) is 1.99. The summed E-state index contributed by atoms with van der Waals surface area (Å²) < 4.78 is 0. The average molecular weight is 237 g/mol. The number of aromatic nitrogens is 3. The van der Waals surface area contributed by atoms with Crippen molar-refractivity contribution in [3.8, 4) is 0 Å². The highest BCUT2D eigenvalue weighted by atomic mass is 15.0. The number of rotatable bonds is 2. The van der Waals surface area contributed by atoms with E-state index in [0.29, 0.717) is 0 Å². The molecule has 0 bridgehead atoms. The summed E-state index contributed by atoms with van der Waals surface area (Å²) in [5.74, 6) is 0.970. The summed E-state index contributed by atoms with van der Waals surface area (Å²) >= 11 is 0. The van der Waals surface area contributed by atoms with Gasteiger partial charge in [0, 0.05) is 12.1 Å². The van der Waals surface area contributed by atoms with Crippen LogP contribution in [-0.2, 0) is 6.42 Å². The Morgan fingerprint density at radius 2 is 1.83 bits per heavy atom. The van der Waals surface area contributed by atoms with Crippen molar-refractivity contribution in [3.05, 3.63) is 59.0 Å². The van der Waals surface area contributed by atoms with Gasteiger partial charge in [-0.15, -0.1) is 0 Å². The molecule has 0 saturated heterocycles. The van der Waals surface area contributed by atoms with E-state index in [9.17, 15) is 0 Å². The summed E-state index contributed by atoms with van der Waals surface area (Å²) in [6.07, 6.45) is 0.822. The summed E-state index contributed by atoms with van der Waals surface area (Å²) in [7, 11) is 0. The summed E-state index contributed by atoms with van der Waals surface area (Å²) in [6.45, 7) is 4.11. The number of benzene rings is 1. The predicted octanol–water partition coefficient (Wildman–Crippen LogP) is 3.17. The second kappa shape index (κ2) is 4.26. The Morgan fingerprint density at radius 1 is 1.00 bits per heavy atom. The Kier molecular flexibility index (Phi) is 2.59. The molecule has 90 valence electrons. The third-order valence-corrected chi connectivity index (χ3v) is 3.15. The lowest BCUT2D eigenvalue weighted by molar-refractivity contribution is 1.02. The van der Waals surface area contributed by atoms with E-state index in [1.165, 1.54) is 11.1 Å². The van der Waals surface area contributed by atoms with Crippen molar-refractivity contribution in [2.45, 2.75) is 20.3 Å². The van der Waals surface area contributed by atoms with Crippen LogP contribution in [0.5, 0.6) is 0 Å². The maximum atomic E-state index is 4.54. The molecule has 0 aliphatic heterocycles. The van der Waals surface area contributed by atoms with E-state index >= 15 is 0 Å². The Balaban J connectivity index is 1.98. The summed E-state index contributed by atoms with van der Waals surface area (Å²) in [5, 5.41) is 0. The molecule has 0 spiro atoms. The number of H-pyrrole nitrogens is 1. The third-order valence-electron chi connectivity index (χ3n) is 3.15.